The van der Waals surface area contributed by atoms with E-state index in [1.807, 2.05) is 18.2 Å². The number of rotatable bonds is 3. The van der Waals surface area contributed by atoms with Crippen molar-refractivity contribution >= 4 is 0 Å². The third kappa shape index (κ3) is 2.52. The maximum Gasteiger partial charge on any atom is 0.204 e. The second-order valence-corrected chi connectivity index (χ2v) is 6.67. The molecular weight excluding hydrogens is 340 g/mol. The average molecular weight is 360 g/mol. The molecule has 1 aromatic rings. The highest BCUT2D eigenvalue weighted by atomic mass is 16.5. The van der Waals surface area contributed by atoms with Crippen LogP contribution in [0.3, 0.4) is 0 Å². The molecule has 0 heterocycles. The van der Waals surface area contributed by atoms with Crippen molar-refractivity contribution in [2.24, 2.45) is 17.1 Å². The SMILES string of the molecule is COc1cccc([C@H]2C(C#N)=C(N)C(C#N)(C#N)C3=CCCC[C@H]32)c1OC. The smallest absolute Gasteiger partial charge is 0.204 e. The summed E-state index contributed by atoms with van der Waals surface area (Å²) in [6.07, 6.45) is 4.41. The van der Waals surface area contributed by atoms with Gasteiger partial charge in [-0.15, -0.1) is 0 Å². The summed E-state index contributed by atoms with van der Waals surface area (Å²) in [4.78, 5) is 0. The molecule has 0 bridgehead atoms. The van der Waals surface area contributed by atoms with Crippen molar-refractivity contribution in [2.45, 2.75) is 25.2 Å². The van der Waals surface area contributed by atoms with E-state index in [1.165, 1.54) is 0 Å². The van der Waals surface area contributed by atoms with Crippen LogP contribution in [0.4, 0.5) is 0 Å². The summed E-state index contributed by atoms with van der Waals surface area (Å²) < 4.78 is 11.0. The van der Waals surface area contributed by atoms with Gasteiger partial charge >= 0.3 is 0 Å². The van der Waals surface area contributed by atoms with Crippen LogP contribution in [0, 0.1) is 45.3 Å². The number of fused-ring (bicyclic) bond motifs is 1. The van der Waals surface area contributed by atoms with Gasteiger partial charge in [-0.05, 0) is 36.8 Å². The van der Waals surface area contributed by atoms with E-state index in [2.05, 4.69) is 18.2 Å². The average Bonchev–Trinajstić information content (AvgIpc) is 2.72. The largest absolute Gasteiger partial charge is 0.493 e. The third-order valence-electron chi connectivity index (χ3n) is 5.55. The van der Waals surface area contributed by atoms with Crippen molar-refractivity contribution in [3.63, 3.8) is 0 Å². The third-order valence-corrected chi connectivity index (χ3v) is 5.55. The minimum atomic E-state index is -1.58. The van der Waals surface area contributed by atoms with Gasteiger partial charge in [-0.2, -0.15) is 15.8 Å². The maximum absolute atomic E-state index is 9.90. The molecule has 0 saturated heterocycles. The van der Waals surface area contributed by atoms with E-state index in [9.17, 15) is 15.8 Å². The summed E-state index contributed by atoms with van der Waals surface area (Å²) in [5.41, 5.74) is 6.46. The summed E-state index contributed by atoms with van der Waals surface area (Å²) in [6.45, 7) is 0. The lowest BCUT2D eigenvalue weighted by Gasteiger charge is -2.42. The van der Waals surface area contributed by atoms with Crippen LogP contribution in [0.5, 0.6) is 11.5 Å². The first-order valence-corrected chi connectivity index (χ1v) is 8.73. The zero-order valence-corrected chi connectivity index (χ0v) is 15.3. The zero-order valence-electron chi connectivity index (χ0n) is 15.3. The molecule has 0 radical (unpaired) electrons. The quantitative estimate of drug-likeness (QED) is 0.827. The number of nitrogens with zero attached hydrogens (tertiary/aromatic N) is 3. The number of ether oxygens (including phenoxy) is 2. The normalized spacial score (nSPS) is 23.1. The molecular formula is C21H20N4O2. The van der Waals surface area contributed by atoms with E-state index in [0.717, 1.165) is 24.8 Å². The van der Waals surface area contributed by atoms with E-state index in [-0.39, 0.29) is 23.1 Å². The molecule has 0 aliphatic heterocycles. The summed E-state index contributed by atoms with van der Waals surface area (Å²) in [7, 11) is 3.11. The van der Waals surface area contributed by atoms with E-state index in [1.54, 1.807) is 20.3 Å². The Bertz CT molecular complexity index is 942. The molecule has 0 spiro atoms. The molecule has 1 aromatic carbocycles. The van der Waals surface area contributed by atoms with Crippen molar-refractivity contribution in [1.82, 2.24) is 0 Å². The van der Waals surface area contributed by atoms with Gasteiger partial charge in [0.1, 0.15) is 0 Å². The van der Waals surface area contributed by atoms with E-state index < -0.39 is 5.41 Å². The van der Waals surface area contributed by atoms with Gasteiger partial charge in [0.15, 0.2) is 11.5 Å². The van der Waals surface area contributed by atoms with E-state index >= 15 is 0 Å². The molecule has 0 amide bonds. The van der Waals surface area contributed by atoms with Crippen LogP contribution in [0.1, 0.15) is 30.7 Å². The topological polar surface area (TPSA) is 116 Å². The van der Waals surface area contributed by atoms with Crippen LogP contribution < -0.4 is 15.2 Å². The van der Waals surface area contributed by atoms with Crippen LogP contribution in [0.25, 0.3) is 0 Å². The molecule has 0 aromatic heterocycles. The Morgan fingerprint density at radius 2 is 1.89 bits per heavy atom. The molecule has 0 saturated carbocycles. The van der Waals surface area contributed by atoms with Crippen molar-refractivity contribution < 1.29 is 9.47 Å². The Morgan fingerprint density at radius 3 is 2.48 bits per heavy atom. The molecule has 3 rings (SSSR count). The first-order chi connectivity index (χ1) is 13.1. The predicted molar refractivity (Wildman–Crippen MR) is 98.2 cm³/mol. The van der Waals surface area contributed by atoms with E-state index in [4.69, 9.17) is 15.2 Å². The Balaban J connectivity index is 2.35. The number of benzene rings is 1. The number of hydrogen-bond acceptors (Lipinski definition) is 6. The van der Waals surface area contributed by atoms with E-state index in [0.29, 0.717) is 17.1 Å². The molecule has 2 N–H and O–H groups in total. The molecule has 6 nitrogen and oxygen atoms in total. The van der Waals surface area contributed by atoms with Gasteiger partial charge in [0.05, 0.1) is 43.7 Å². The number of methoxy groups -OCH3 is 2. The molecule has 2 atom stereocenters. The van der Waals surface area contributed by atoms with Crippen molar-refractivity contribution in [3.8, 4) is 29.7 Å². The highest BCUT2D eigenvalue weighted by Crippen LogP contribution is 2.56. The first-order valence-electron chi connectivity index (χ1n) is 8.73. The first kappa shape index (κ1) is 18.4. The Morgan fingerprint density at radius 1 is 1.15 bits per heavy atom. The van der Waals surface area contributed by atoms with Crippen molar-refractivity contribution in [3.05, 3.63) is 46.7 Å². The standard InChI is InChI=1S/C21H20N4O2/c1-26-17-9-5-7-14(19(17)27-2)18-13-6-3-4-8-16(13)21(11-23,12-24)20(25)15(18)10-22/h5,7-9,13,18H,3-4,6,25H2,1-2H3/t13-,18+/m1/s1. The Hall–Kier alpha value is -3.43. The number of nitriles is 3. The van der Waals surface area contributed by atoms with Crippen LogP contribution in [-0.2, 0) is 0 Å². The molecule has 2 aliphatic carbocycles. The van der Waals surface area contributed by atoms with Crippen LogP contribution in [0.2, 0.25) is 0 Å². The Labute approximate surface area is 158 Å². The van der Waals surface area contributed by atoms with Gasteiger partial charge in [0, 0.05) is 11.5 Å². The van der Waals surface area contributed by atoms with Gasteiger partial charge in [-0.25, -0.2) is 0 Å². The predicted octanol–water partition coefficient (Wildman–Crippen LogP) is 3.30. The molecule has 6 heteroatoms. The zero-order chi connectivity index (χ0) is 19.6. The second-order valence-electron chi connectivity index (χ2n) is 6.67. The van der Waals surface area contributed by atoms with Gasteiger partial charge in [0.25, 0.3) is 0 Å². The van der Waals surface area contributed by atoms with Crippen molar-refractivity contribution in [2.75, 3.05) is 14.2 Å². The van der Waals surface area contributed by atoms with Gasteiger partial charge in [-0.1, -0.05) is 18.2 Å². The van der Waals surface area contributed by atoms with Gasteiger partial charge in [0.2, 0.25) is 5.41 Å². The van der Waals surface area contributed by atoms with Crippen LogP contribution in [-0.4, -0.2) is 14.2 Å². The number of para-hydroxylation sites is 1. The molecule has 136 valence electrons. The summed E-state index contributed by atoms with van der Waals surface area (Å²) in [5.74, 6) is 0.545. The number of allylic oxidation sites excluding steroid dienone is 3. The lowest BCUT2D eigenvalue weighted by Crippen LogP contribution is -2.40. The van der Waals surface area contributed by atoms with Crippen molar-refractivity contribution in [1.29, 1.82) is 15.8 Å². The fourth-order valence-electron chi connectivity index (χ4n) is 4.34. The maximum atomic E-state index is 9.90. The molecule has 2 aliphatic rings. The van der Waals surface area contributed by atoms with Crippen LogP contribution in [0.15, 0.2) is 41.1 Å². The fourth-order valence-corrected chi connectivity index (χ4v) is 4.34. The Kier molecular flexibility index (Phi) is 4.80. The monoisotopic (exact) mass is 360 g/mol. The lowest BCUT2D eigenvalue weighted by molar-refractivity contribution is 0.339. The molecule has 0 unspecified atom stereocenters. The fraction of sp³-hybridized carbons (Fsp3) is 0.381. The molecule has 0 fully saturated rings. The highest BCUT2D eigenvalue weighted by molar-refractivity contribution is 5.61. The summed E-state index contributed by atoms with van der Waals surface area (Å²) in [6, 6.07) is 11.9. The lowest BCUT2D eigenvalue weighted by atomic mass is 9.58. The van der Waals surface area contributed by atoms with Gasteiger partial charge < -0.3 is 15.2 Å². The number of hydrogen-bond donors (Lipinski definition) is 1. The summed E-state index contributed by atoms with van der Waals surface area (Å²) >= 11 is 0. The minimum Gasteiger partial charge on any atom is -0.493 e. The van der Waals surface area contributed by atoms with Gasteiger partial charge in [-0.3, -0.25) is 0 Å². The number of nitrogens with two attached hydrogens (primary N) is 1. The second kappa shape index (κ2) is 7.06. The van der Waals surface area contributed by atoms with Crippen LogP contribution >= 0.6 is 0 Å². The summed E-state index contributed by atoms with van der Waals surface area (Å²) in [5, 5.41) is 29.5. The minimum absolute atomic E-state index is 0.0225. The highest BCUT2D eigenvalue weighted by Gasteiger charge is 2.52. The molecule has 27 heavy (non-hydrogen) atoms.